The van der Waals surface area contributed by atoms with Gasteiger partial charge < -0.3 is 0 Å². The molecule has 0 saturated heterocycles. The normalized spacial score (nSPS) is 11.2. The minimum absolute atomic E-state index is 0.938. The average molecular weight is 362 g/mol. The van der Waals surface area contributed by atoms with Crippen LogP contribution in [-0.4, -0.2) is 4.98 Å². The molecule has 0 amide bonds. The number of rotatable bonds is 3. The van der Waals surface area contributed by atoms with E-state index in [1.54, 1.807) is 0 Å². The van der Waals surface area contributed by atoms with Crippen LogP contribution in [0.25, 0.3) is 21.7 Å². The summed E-state index contributed by atoms with van der Waals surface area (Å²) in [5, 5.41) is 3.78. The Balaban J connectivity index is 1.81. The lowest BCUT2D eigenvalue weighted by Crippen LogP contribution is -1.98. The van der Waals surface area contributed by atoms with Crippen molar-refractivity contribution in [1.82, 2.24) is 4.98 Å². The van der Waals surface area contributed by atoms with Crippen LogP contribution in [0.5, 0.6) is 0 Å². The van der Waals surface area contributed by atoms with E-state index in [1.165, 1.54) is 31.9 Å². The third-order valence-electron chi connectivity index (χ3n) is 4.28. The molecule has 112 valence electrons. The Bertz CT molecular complexity index is 991. The molecule has 0 bridgehead atoms. The smallest absolute Gasteiger partial charge is 0.0711 e. The number of fused-ring (bicyclic) bond motifs is 3. The van der Waals surface area contributed by atoms with Gasteiger partial charge in [-0.1, -0.05) is 76.6 Å². The summed E-state index contributed by atoms with van der Waals surface area (Å²) in [6, 6.07) is 25.4. The number of pyridine rings is 1. The van der Waals surface area contributed by atoms with Gasteiger partial charge in [-0.05, 0) is 35.9 Å². The molecule has 2 heteroatoms. The summed E-state index contributed by atoms with van der Waals surface area (Å²) >= 11 is 3.64. The van der Waals surface area contributed by atoms with Gasteiger partial charge in [0, 0.05) is 20.9 Å². The van der Waals surface area contributed by atoms with Crippen molar-refractivity contribution >= 4 is 37.6 Å². The third kappa shape index (κ3) is 2.75. The maximum absolute atomic E-state index is 4.93. The fourth-order valence-electron chi connectivity index (χ4n) is 3.12. The Kier molecular flexibility index (Phi) is 3.84. The van der Waals surface area contributed by atoms with Crippen molar-refractivity contribution in [2.45, 2.75) is 12.8 Å². The van der Waals surface area contributed by atoms with E-state index in [9.17, 15) is 0 Å². The number of benzene rings is 3. The molecule has 0 spiro atoms. The second-order valence-electron chi connectivity index (χ2n) is 5.71. The molecule has 0 N–H and O–H groups in total. The van der Waals surface area contributed by atoms with Gasteiger partial charge in [0.05, 0.1) is 5.52 Å². The van der Waals surface area contributed by atoms with Crippen molar-refractivity contribution < 1.29 is 0 Å². The molecule has 0 radical (unpaired) electrons. The minimum Gasteiger partial charge on any atom is -0.252 e. The summed E-state index contributed by atoms with van der Waals surface area (Å²) in [4.78, 5) is 4.93. The SMILES string of the molecule is Brc1ccccc1CCc1nc2ccccc2c2ccccc12. The van der Waals surface area contributed by atoms with Gasteiger partial charge in [-0.2, -0.15) is 0 Å². The number of nitrogens with zero attached hydrogens (tertiary/aromatic N) is 1. The van der Waals surface area contributed by atoms with E-state index in [2.05, 4.69) is 88.7 Å². The van der Waals surface area contributed by atoms with Crippen LogP contribution >= 0.6 is 15.9 Å². The van der Waals surface area contributed by atoms with Gasteiger partial charge in [0.2, 0.25) is 0 Å². The highest BCUT2D eigenvalue weighted by molar-refractivity contribution is 9.10. The number of halogens is 1. The van der Waals surface area contributed by atoms with Gasteiger partial charge in [0.15, 0.2) is 0 Å². The highest BCUT2D eigenvalue weighted by atomic mass is 79.9. The van der Waals surface area contributed by atoms with Gasteiger partial charge in [0.1, 0.15) is 0 Å². The summed E-state index contributed by atoms with van der Waals surface area (Å²) < 4.78 is 1.17. The molecular weight excluding hydrogens is 346 g/mol. The van der Waals surface area contributed by atoms with Gasteiger partial charge in [-0.3, -0.25) is 4.98 Å². The predicted molar refractivity (Wildman–Crippen MR) is 101 cm³/mol. The molecule has 0 fully saturated rings. The van der Waals surface area contributed by atoms with Crippen LogP contribution in [0.3, 0.4) is 0 Å². The van der Waals surface area contributed by atoms with Gasteiger partial charge in [-0.15, -0.1) is 0 Å². The Hall–Kier alpha value is -2.19. The quantitative estimate of drug-likeness (QED) is 0.411. The Morgan fingerprint density at radius 1 is 0.652 bits per heavy atom. The zero-order chi connectivity index (χ0) is 15.6. The number of aromatic nitrogens is 1. The lowest BCUT2D eigenvalue weighted by molar-refractivity contribution is 0.929. The lowest BCUT2D eigenvalue weighted by atomic mass is 10.00. The third-order valence-corrected chi connectivity index (χ3v) is 5.05. The van der Waals surface area contributed by atoms with Crippen molar-refractivity contribution in [1.29, 1.82) is 0 Å². The maximum Gasteiger partial charge on any atom is 0.0711 e. The van der Waals surface area contributed by atoms with E-state index in [4.69, 9.17) is 4.98 Å². The summed E-state index contributed by atoms with van der Waals surface area (Å²) in [5.74, 6) is 0. The molecular formula is C21H16BrN. The largest absolute Gasteiger partial charge is 0.252 e. The molecule has 1 heterocycles. The molecule has 4 rings (SSSR count). The van der Waals surface area contributed by atoms with Crippen LogP contribution in [0, 0.1) is 0 Å². The second kappa shape index (κ2) is 6.13. The maximum atomic E-state index is 4.93. The topological polar surface area (TPSA) is 12.9 Å². The highest BCUT2D eigenvalue weighted by Gasteiger charge is 2.08. The monoisotopic (exact) mass is 361 g/mol. The lowest BCUT2D eigenvalue weighted by Gasteiger charge is -2.10. The highest BCUT2D eigenvalue weighted by Crippen LogP contribution is 2.27. The molecule has 23 heavy (non-hydrogen) atoms. The average Bonchev–Trinajstić information content (AvgIpc) is 2.61. The van der Waals surface area contributed by atoms with Gasteiger partial charge in [-0.25, -0.2) is 0 Å². The summed E-state index contributed by atoms with van der Waals surface area (Å²) in [5.41, 5.74) is 3.58. The van der Waals surface area contributed by atoms with Crippen molar-refractivity contribution in [2.75, 3.05) is 0 Å². The standard InChI is InChI=1S/C21H16BrN/c22-19-11-5-1-7-15(19)13-14-21-18-9-3-2-8-16(18)17-10-4-6-12-20(17)23-21/h1-12H,13-14H2. The van der Waals surface area contributed by atoms with E-state index in [-0.39, 0.29) is 0 Å². The van der Waals surface area contributed by atoms with Crippen molar-refractivity contribution in [2.24, 2.45) is 0 Å². The molecule has 0 aliphatic heterocycles. The summed E-state index contributed by atoms with van der Waals surface area (Å²) in [6.07, 6.45) is 1.92. The number of hydrogen-bond acceptors (Lipinski definition) is 1. The zero-order valence-electron chi connectivity index (χ0n) is 12.7. The van der Waals surface area contributed by atoms with Gasteiger partial charge >= 0.3 is 0 Å². The first-order valence-corrected chi connectivity index (χ1v) is 8.62. The molecule has 1 aromatic heterocycles. The van der Waals surface area contributed by atoms with Crippen LogP contribution in [0.4, 0.5) is 0 Å². The van der Waals surface area contributed by atoms with Gasteiger partial charge in [0.25, 0.3) is 0 Å². The molecule has 0 aliphatic carbocycles. The Morgan fingerprint density at radius 2 is 1.30 bits per heavy atom. The van der Waals surface area contributed by atoms with Crippen molar-refractivity contribution in [3.8, 4) is 0 Å². The second-order valence-corrected chi connectivity index (χ2v) is 6.57. The molecule has 0 saturated carbocycles. The Morgan fingerprint density at radius 3 is 2.13 bits per heavy atom. The van der Waals surface area contributed by atoms with Crippen molar-refractivity contribution in [3.63, 3.8) is 0 Å². The van der Waals surface area contributed by atoms with Crippen molar-refractivity contribution in [3.05, 3.63) is 88.5 Å². The molecule has 1 nitrogen and oxygen atoms in total. The predicted octanol–water partition coefficient (Wildman–Crippen LogP) is 5.94. The molecule has 4 aromatic rings. The van der Waals surface area contributed by atoms with E-state index >= 15 is 0 Å². The van der Waals surface area contributed by atoms with Crippen LogP contribution in [0.15, 0.2) is 77.3 Å². The fraction of sp³-hybridized carbons (Fsp3) is 0.0952. The first-order valence-electron chi connectivity index (χ1n) is 7.83. The van der Waals surface area contributed by atoms with E-state index in [0.717, 1.165) is 18.4 Å². The molecule has 0 aliphatic rings. The van der Waals surface area contributed by atoms with E-state index in [1.807, 2.05) is 0 Å². The first-order chi connectivity index (χ1) is 11.3. The zero-order valence-corrected chi connectivity index (χ0v) is 14.3. The van der Waals surface area contributed by atoms with E-state index < -0.39 is 0 Å². The molecule has 0 unspecified atom stereocenters. The van der Waals surface area contributed by atoms with Crippen LogP contribution < -0.4 is 0 Å². The minimum atomic E-state index is 0.938. The van der Waals surface area contributed by atoms with Crippen LogP contribution in [-0.2, 0) is 12.8 Å². The first kappa shape index (κ1) is 14.4. The number of para-hydroxylation sites is 1. The Labute approximate surface area is 144 Å². The van der Waals surface area contributed by atoms with Crippen LogP contribution in [0.2, 0.25) is 0 Å². The molecule has 0 atom stereocenters. The summed E-state index contributed by atoms with van der Waals surface area (Å²) in [6.45, 7) is 0. The summed E-state index contributed by atoms with van der Waals surface area (Å²) in [7, 11) is 0. The number of aryl methyl sites for hydroxylation is 2. The van der Waals surface area contributed by atoms with E-state index in [0.29, 0.717) is 0 Å². The fourth-order valence-corrected chi connectivity index (χ4v) is 3.60. The van der Waals surface area contributed by atoms with Crippen LogP contribution in [0.1, 0.15) is 11.3 Å². The number of hydrogen-bond donors (Lipinski definition) is 0. The molecule has 3 aromatic carbocycles.